The number of carbonyl (C=O) groups excluding carboxylic acids is 2. The van der Waals surface area contributed by atoms with Crippen LogP contribution < -0.4 is 9.64 Å². The maximum Gasteiger partial charge on any atom is 0.397 e. The van der Waals surface area contributed by atoms with Gasteiger partial charge in [0.15, 0.2) is 9.84 Å². The van der Waals surface area contributed by atoms with Crippen molar-refractivity contribution in [1.82, 2.24) is 4.90 Å². The van der Waals surface area contributed by atoms with Crippen LogP contribution >= 0.6 is 0 Å². The highest BCUT2D eigenvalue weighted by molar-refractivity contribution is 7.90. The fourth-order valence-corrected chi connectivity index (χ4v) is 5.26. The fraction of sp³-hybridized carbons (Fsp3) is 0.440. The van der Waals surface area contributed by atoms with E-state index in [1.807, 2.05) is 0 Å². The van der Waals surface area contributed by atoms with Gasteiger partial charge in [-0.25, -0.2) is 17.6 Å². The molecule has 2 fully saturated rings. The molecule has 0 bridgehead atoms. The van der Waals surface area contributed by atoms with Gasteiger partial charge in [0, 0.05) is 38.0 Å². The molecule has 3 aliphatic rings. The number of hydrogen-bond acceptors (Lipinski definition) is 7. The number of benzene rings is 2. The van der Waals surface area contributed by atoms with Crippen molar-refractivity contribution in [3.8, 4) is 5.75 Å². The van der Waals surface area contributed by atoms with Gasteiger partial charge < -0.3 is 19.3 Å². The van der Waals surface area contributed by atoms with Gasteiger partial charge in [0.05, 0.1) is 21.7 Å². The molecule has 0 aromatic heterocycles. The van der Waals surface area contributed by atoms with Gasteiger partial charge in [0.1, 0.15) is 30.2 Å². The van der Waals surface area contributed by atoms with Crippen LogP contribution in [-0.4, -0.2) is 70.4 Å². The summed E-state index contributed by atoms with van der Waals surface area (Å²) in [7, 11) is -3.71. The number of carbonyl (C=O) groups is 2. The molecule has 1 saturated carbocycles. The van der Waals surface area contributed by atoms with E-state index in [1.54, 1.807) is 11.0 Å². The van der Waals surface area contributed by atoms with Crippen LogP contribution in [0.25, 0.3) is 0 Å². The fourth-order valence-electron chi connectivity index (χ4n) is 4.61. The van der Waals surface area contributed by atoms with Crippen LogP contribution in [0.5, 0.6) is 5.75 Å². The highest BCUT2D eigenvalue weighted by atomic mass is 32.2. The first-order valence-corrected chi connectivity index (χ1v) is 13.8. The lowest BCUT2D eigenvalue weighted by molar-refractivity contribution is -0.194. The van der Waals surface area contributed by atoms with Gasteiger partial charge in [0.2, 0.25) is 0 Å². The molecule has 1 amide bonds. The number of cyclic esters (lactones) is 1. The van der Waals surface area contributed by atoms with Crippen LogP contribution in [-0.2, 0) is 21.2 Å². The Bertz CT molecular complexity index is 1410. The Balaban J connectivity index is 1.34. The van der Waals surface area contributed by atoms with Gasteiger partial charge in [-0.15, -0.1) is 0 Å². The Hall–Kier alpha value is -3.35. The first-order chi connectivity index (χ1) is 17.8. The Morgan fingerprint density at radius 1 is 1.11 bits per heavy atom. The molecule has 38 heavy (non-hydrogen) atoms. The second-order valence-corrected chi connectivity index (χ2v) is 11.8. The maximum atomic E-state index is 14.7. The van der Waals surface area contributed by atoms with Crippen LogP contribution in [0.15, 0.2) is 35.2 Å². The van der Waals surface area contributed by atoms with Crippen molar-refractivity contribution in [2.24, 2.45) is 5.41 Å². The van der Waals surface area contributed by atoms with Crippen LogP contribution in [0.1, 0.15) is 39.1 Å². The lowest BCUT2D eigenvalue weighted by Crippen LogP contribution is -2.49. The monoisotopic (exact) mass is 556 g/mol. The van der Waals surface area contributed by atoms with Crippen LogP contribution in [0.2, 0.25) is 0 Å². The first-order valence-electron chi connectivity index (χ1n) is 11.9. The normalized spacial score (nSPS) is 18.7. The van der Waals surface area contributed by atoms with E-state index in [0.717, 1.165) is 18.4 Å². The van der Waals surface area contributed by atoms with E-state index < -0.39 is 45.7 Å². The van der Waals surface area contributed by atoms with Gasteiger partial charge in [0.25, 0.3) is 5.91 Å². The molecule has 0 radical (unpaired) electrons. The summed E-state index contributed by atoms with van der Waals surface area (Å²) in [5, 5.41) is 0. The van der Waals surface area contributed by atoms with Crippen molar-refractivity contribution in [1.29, 1.82) is 0 Å². The molecule has 5 rings (SSSR count). The zero-order valence-electron chi connectivity index (χ0n) is 20.3. The number of amides is 1. The van der Waals surface area contributed by atoms with Crippen LogP contribution in [0, 0.1) is 11.2 Å². The number of nitrogens with zero attached hydrogens (tertiary/aromatic N) is 2. The van der Waals surface area contributed by atoms with Crippen molar-refractivity contribution in [3.05, 3.63) is 52.8 Å². The Kier molecular flexibility index (Phi) is 6.32. The summed E-state index contributed by atoms with van der Waals surface area (Å²) >= 11 is 0. The quantitative estimate of drug-likeness (QED) is 0.397. The third-order valence-electron chi connectivity index (χ3n) is 7.23. The van der Waals surface area contributed by atoms with Gasteiger partial charge in [-0.1, -0.05) is 0 Å². The number of anilines is 1. The topological polar surface area (TPSA) is 93.2 Å². The largest absolute Gasteiger partial charge is 0.492 e. The molecule has 0 atom stereocenters. The minimum Gasteiger partial charge on any atom is -0.492 e. The summed E-state index contributed by atoms with van der Waals surface area (Å²) in [6, 6.07) is 6.19. The lowest BCUT2D eigenvalue weighted by Gasteiger charge is -2.36. The number of fused-ring (bicyclic) bond motifs is 1. The molecule has 0 N–H and O–H groups in total. The molecule has 2 aromatic carbocycles. The summed E-state index contributed by atoms with van der Waals surface area (Å²) in [5.74, 6) is -1.92. The molecule has 8 nitrogen and oxygen atoms in total. The highest BCUT2D eigenvalue weighted by Gasteiger charge is 2.64. The van der Waals surface area contributed by atoms with E-state index in [4.69, 9.17) is 9.47 Å². The summed E-state index contributed by atoms with van der Waals surface area (Å²) in [4.78, 5) is 28.1. The highest BCUT2D eigenvalue weighted by Crippen LogP contribution is 2.57. The number of hydrogen-bond donors (Lipinski definition) is 0. The van der Waals surface area contributed by atoms with Crippen molar-refractivity contribution >= 4 is 27.4 Å². The summed E-state index contributed by atoms with van der Waals surface area (Å²) in [5.41, 5.74) is -1.12. The molecule has 2 heterocycles. The Labute approximate surface area is 216 Å². The zero-order valence-corrected chi connectivity index (χ0v) is 21.1. The summed E-state index contributed by atoms with van der Waals surface area (Å²) in [6.45, 7) is 0.117. The molecular formula is C25H24F4N2O6S. The van der Waals surface area contributed by atoms with E-state index in [0.29, 0.717) is 5.56 Å². The molecule has 0 unspecified atom stereocenters. The summed E-state index contributed by atoms with van der Waals surface area (Å²) < 4.78 is 89.4. The number of esters is 1. The molecule has 2 aliphatic heterocycles. The molecule has 1 saturated heterocycles. The molecule has 13 heteroatoms. The molecule has 1 aliphatic carbocycles. The van der Waals surface area contributed by atoms with E-state index in [9.17, 15) is 35.6 Å². The lowest BCUT2D eigenvalue weighted by atomic mass is 10.1. The van der Waals surface area contributed by atoms with E-state index in [2.05, 4.69) is 0 Å². The van der Waals surface area contributed by atoms with Crippen LogP contribution in [0.4, 0.5) is 23.2 Å². The number of sulfone groups is 1. The molecule has 0 spiro atoms. The van der Waals surface area contributed by atoms with E-state index in [-0.39, 0.29) is 73.1 Å². The third-order valence-corrected chi connectivity index (χ3v) is 8.34. The van der Waals surface area contributed by atoms with Gasteiger partial charge in [-0.2, -0.15) is 13.2 Å². The average Bonchev–Trinajstić information content (AvgIpc) is 3.59. The van der Waals surface area contributed by atoms with Crippen LogP contribution in [0.3, 0.4) is 0 Å². The van der Waals surface area contributed by atoms with E-state index >= 15 is 0 Å². The van der Waals surface area contributed by atoms with Crippen molar-refractivity contribution in [2.45, 2.75) is 30.5 Å². The van der Waals surface area contributed by atoms with E-state index in [1.165, 1.54) is 17.0 Å². The predicted molar refractivity (Wildman–Crippen MR) is 126 cm³/mol. The van der Waals surface area contributed by atoms with Crippen molar-refractivity contribution < 1.29 is 45.0 Å². The second kappa shape index (κ2) is 9.14. The van der Waals surface area contributed by atoms with Gasteiger partial charge in [-0.3, -0.25) is 4.79 Å². The minimum absolute atomic E-state index is 0.0506. The average molecular weight is 557 g/mol. The Morgan fingerprint density at radius 3 is 2.39 bits per heavy atom. The van der Waals surface area contributed by atoms with Gasteiger partial charge >= 0.3 is 12.1 Å². The number of rotatable bonds is 6. The number of ether oxygens (including phenoxy) is 2. The number of alkyl halides is 3. The second-order valence-electron chi connectivity index (χ2n) is 9.81. The Morgan fingerprint density at radius 2 is 1.79 bits per heavy atom. The standard InChI is InChI=1S/C25H24F4N2O6S/c1-38(34,35)16-2-3-21(37-14-24(4-5-24)25(27,28)29)18(11-16)22(32)31-8-6-30(7-9-31)20-10-15-13-36-23(33)17(15)12-19(20)26/h2-3,10-12H,4-9,13-14H2,1H3. The SMILES string of the molecule is CS(=O)(=O)c1ccc(OCC2(C(F)(F)F)CC2)c(C(=O)N2CCN(c3cc4c(cc3F)C(=O)OC4)CC2)c1. The predicted octanol–water partition coefficient (Wildman–Crippen LogP) is 3.58. The summed E-state index contributed by atoms with van der Waals surface area (Å²) in [6.07, 6.45) is -3.65. The first kappa shape index (κ1) is 26.3. The zero-order chi connectivity index (χ0) is 27.5. The van der Waals surface area contributed by atoms with Crippen molar-refractivity contribution in [2.75, 3.05) is 43.9 Å². The maximum absolute atomic E-state index is 14.7. The third kappa shape index (κ3) is 4.79. The van der Waals surface area contributed by atoms with Crippen molar-refractivity contribution in [3.63, 3.8) is 0 Å². The van der Waals surface area contributed by atoms with Gasteiger partial charge in [-0.05, 0) is 43.2 Å². The molecular weight excluding hydrogens is 532 g/mol. The number of piperazine rings is 1. The number of halogens is 4. The smallest absolute Gasteiger partial charge is 0.397 e. The minimum atomic E-state index is -4.45. The molecule has 2 aromatic rings. The molecule has 204 valence electrons.